The van der Waals surface area contributed by atoms with Crippen LogP contribution in [0.1, 0.15) is 64.2 Å². The van der Waals surface area contributed by atoms with Crippen LogP contribution in [0.15, 0.2) is 29.5 Å². The van der Waals surface area contributed by atoms with E-state index >= 15 is 0 Å². The molecule has 2 fully saturated rings. The van der Waals surface area contributed by atoms with E-state index in [9.17, 15) is 0 Å². The summed E-state index contributed by atoms with van der Waals surface area (Å²) in [5, 5.41) is 14.7. The predicted octanol–water partition coefficient (Wildman–Crippen LogP) is 4.49. The lowest BCUT2D eigenvalue weighted by Gasteiger charge is -2.34. The first-order chi connectivity index (χ1) is 17.3. The van der Waals surface area contributed by atoms with Crippen molar-refractivity contribution in [2.45, 2.75) is 70.3 Å². The normalized spacial score (nSPS) is 17.9. The number of rotatable bonds is 14. The van der Waals surface area contributed by atoms with Crippen molar-refractivity contribution in [1.29, 1.82) is 5.26 Å². The lowest BCUT2D eigenvalue weighted by atomic mass is 9.95. The van der Waals surface area contributed by atoms with Gasteiger partial charge in [-0.25, -0.2) is 4.31 Å². The van der Waals surface area contributed by atoms with Crippen LogP contribution in [-0.4, -0.2) is 77.9 Å². The highest BCUT2D eigenvalue weighted by molar-refractivity contribution is 7.97. The maximum Gasteiger partial charge on any atom is 0.209 e. The number of aliphatic imine (C=N–C) groups is 1. The minimum Gasteiger partial charge on any atom is -0.379 e. The molecule has 0 unspecified atom stereocenters. The molecule has 0 atom stereocenters. The highest BCUT2D eigenvalue weighted by atomic mass is 32.2. The van der Waals surface area contributed by atoms with Crippen molar-refractivity contribution in [3.8, 4) is 6.19 Å². The van der Waals surface area contributed by atoms with Crippen LogP contribution in [0.4, 0.5) is 5.69 Å². The van der Waals surface area contributed by atoms with Gasteiger partial charge in [0, 0.05) is 56.1 Å². The van der Waals surface area contributed by atoms with Crippen LogP contribution in [0.3, 0.4) is 0 Å². The van der Waals surface area contributed by atoms with Gasteiger partial charge in [0.2, 0.25) is 5.96 Å². The Morgan fingerprint density at radius 2 is 1.89 bits per heavy atom. The van der Waals surface area contributed by atoms with Crippen LogP contribution in [-0.2, 0) is 4.74 Å². The number of anilines is 1. The number of hydrogen-bond donors (Lipinski definition) is 2. The average Bonchev–Trinajstić information content (AvgIpc) is 2.91. The molecule has 0 bridgehead atoms. The molecule has 8 nitrogen and oxygen atoms in total. The number of nitrogens with zero attached hydrogens (tertiary/aromatic N) is 5. The van der Waals surface area contributed by atoms with Gasteiger partial charge in [-0.05, 0) is 50.8 Å². The molecule has 1 aliphatic carbocycles. The second-order valence-electron chi connectivity index (χ2n) is 9.32. The van der Waals surface area contributed by atoms with Crippen molar-refractivity contribution in [1.82, 2.24) is 19.5 Å². The zero-order chi connectivity index (χ0) is 24.4. The lowest BCUT2D eigenvalue weighted by Crippen LogP contribution is -2.39. The molecule has 1 saturated carbocycles. The van der Waals surface area contributed by atoms with Crippen LogP contribution < -0.4 is 10.6 Å². The molecular formula is C26H43N7OS. The predicted molar refractivity (Wildman–Crippen MR) is 145 cm³/mol. The molecule has 0 amide bonds. The molecule has 2 N–H and O–H groups in total. The fraction of sp³-hybridized carbons (Fsp3) is 0.731. The fourth-order valence-corrected chi connectivity index (χ4v) is 5.92. The molecule has 0 spiro atoms. The summed E-state index contributed by atoms with van der Waals surface area (Å²) < 4.78 is 8.22. The quantitative estimate of drug-likeness (QED) is 0.0963. The molecule has 0 aromatic carbocycles. The van der Waals surface area contributed by atoms with Crippen LogP contribution in [0.25, 0.3) is 0 Å². The summed E-state index contributed by atoms with van der Waals surface area (Å²) in [5.74, 6) is 1.71. The van der Waals surface area contributed by atoms with Gasteiger partial charge in [-0.2, -0.15) is 5.26 Å². The van der Waals surface area contributed by atoms with Crippen molar-refractivity contribution in [3.05, 3.63) is 24.5 Å². The van der Waals surface area contributed by atoms with E-state index in [0.29, 0.717) is 12.5 Å². The Morgan fingerprint density at radius 3 is 2.66 bits per heavy atom. The van der Waals surface area contributed by atoms with Crippen molar-refractivity contribution in [2.75, 3.05) is 57.0 Å². The van der Waals surface area contributed by atoms with E-state index in [1.165, 1.54) is 76.6 Å². The summed E-state index contributed by atoms with van der Waals surface area (Å²) in [7, 11) is 0. The number of aromatic nitrogens is 1. The van der Waals surface area contributed by atoms with Crippen molar-refractivity contribution in [2.24, 2.45) is 4.99 Å². The highest BCUT2D eigenvalue weighted by Crippen LogP contribution is 2.28. The number of pyridine rings is 1. The second kappa shape index (κ2) is 17.6. The van der Waals surface area contributed by atoms with Gasteiger partial charge in [0.1, 0.15) is 0 Å². The topological polar surface area (TPSA) is 88.8 Å². The third kappa shape index (κ3) is 11.6. The van der Waals surface area contributed by atoms with E-state index < -0.39 is 0 Å². The first-order valence-electron chi connectivity index (χ1n) is 13.4. The number of nitrogens with one attached hydrogen (secondary N) is 2. The van der Waals surface area contributed by atoms with E-state index in [1.807, 2.05) is 18.3 Å². The molecule has 0 radical (unpaired) electrons. The summed E-state index contributed by atoms with van der Waals surface area (Å²) in [4.78, 5) is 11.1. The number of ether oxygens (including phenoxy) is 1. The minimum absolute atomic E-state index is 0.495. The highest BCUT2D eigenvalue weighted by Gasteiger charge is 2.21. The van der Waals surface area contributed by atoms with Crippen molar-refractivity contribution in [3.63, 3.8) is 0 Å². The zero-order valence-electron chi connectivity index (χ0n) is 21.2. The number of guanidine groups is 1. The molecule has 1 aromatic rings. The third-order valence-corrected chi connectivity index (χ3v) is 7.92. The van der Waals surface area contributed by atoms with Crippen molar-refractivity contribution >= 4 is 23.6 Å². The summed E-state index contributed by atoms with van der Waals surface area (Å²) >= 11 is 2.09. The van der Waals surface area contributed by atoms with E-state index in [0.717, 1.165) is 44.5 Å². The molecule has 2 heterocycles. The van der Waals surface area contributed by atoms with Crippen LogP contribution in [0.5, 0.6) is 0 Å². The van der Waals surface area contributed by atoms with Crippen LogP contribution in [0.2, 0.25) is 0 Å². The molecular weight excluding hydrogens is 458 g/mol. The Hall–Kier alpha value is -1.86. The Morgan fingerprint density at radius 1 is 1.11 bits per heavy atom. The maximum atomic E-state index is 8.97. The van der Waals surface area contributed by atoms with Crippen molar-refractivity contribution < 1.29 is 4.74 Å². The summed E-state index contributed by atoms with van der Waals surface area (Å²) in [5.41, 5.74) is 0.867. The minimum atomic E-state index is 0.495. The second-order valence-corrected chi connectivity index (χ2v) is 10.5. The lowest BCUT2D eigenvalue weighted by molar-refractivity contribution is 0.0366. The molecule has 2 aliphatic rings. The number of unbranched alkanes of at least 4 members (excludes halogenated alkanes) is 3. The molecule has 35 heavy (non-hydrogen) atoms. The monoisotopic (exact) mass is 501 g/mol. The molecule has 1 saturated heterocycles. The van der Waals surface area contributed by atoms with Gasteiger partial charge in [-0.1, -0.05) is 44.1 Å². The molecule has 1 aromatic heterocycles. The Labute approximate surface area is 216 Å². The van der Waals surface area contributed by atoms with Crippen LogP contribution in [0, 0.1) is 11.5 Å². The molecule has 194 valence electrons. The van der Waals surface area contributed by atoms with Crippen LogP contribution >= 0.6 is 11.9 Å². The van der Waals surface area contributed by atoms with E-state index in [-0.39, 0.29) is 0 Å². The fourth-order valence-electron chi connectivity index (χ4n) is 4.67. The molecule has 9 heteroatoms. The van der Waals surface area contributed by atoms with Gasteiger partial charge in [0.25, 0.3) is 0 Å². The first-order valence-corrected chi connectivity index (χ1v) is 14.4. The Balaban J connectivity index is 1.29. The van der Waals surface area contributed by atoms with Gasteiger partial charge in [-0.15, -0.1) is 0 Å². The Bertz CT molecular complexity index is 746. The SMILES string of the molecule is N#CNC(=NCCCCCCSN(CCCN1CCOCC1)C1CCCCC1)Nc1ccncc1. The van der Waals surface area contributed by atoms with Gasteiger partial charge in [0.15, 0.2) is 6.19 Å². The number of morpholine rings is 1. The van der Waals surface area contributed by atoms with Gasteiger partial charge in [-0.3, -0.25) is 20.2 Å². The maximum absolute atomic E-state index is 8.97. The zero-order valence-corrected chi connectivity index (χ0v) is 22.0. The Kier molecular flexibility index (Phi) is 13.9. The smallest absolute Gasteiger partial charge is 0.209 e. The van der Waals surface area contributed by atoms with E-state index in [4.69, 9.17) is 10.00 Å². The molecule has 3 rings (SSSR count). The largest absolute Gasteiger partial charge is 0.379 e. The number of hydrogen-bond acceptors (Lipinski definition) is 7. The van der Waals surface area contributed by atoms with Gasteiger partial charge in [0.05, 0.1) is 13.2 Å². The van der Waals surface area contributed by atoms with E-state index in [2.05, 4.69) is 41.8 Å². The van der Waals surface area contributed by atoms with E-state index in [1.54, 1.807) is 12.4 Å². The number of nitriles is 1. The average molecular weight is 502 g/mol. The summed E-state index contributed by atoms with van der Waals surface area (Å²) in [6.07, 6.45) is 18.3. The first kappa shape index (κ1) is 27.7. The third-order valence-electron chi connectivity index (χ3n) is 6.64. The van der Waals surface area contributed by atoms with Gasteiger partial charge < -0.3 is 10.1 Å². The summed E-state index contributed by atoms with van der Waals surface area (Å²) in [6, 6.07) is 4.48. The molecule has 1 aliphatic heterocycles. The van der Waals surface area contributed by atoms with Gasteiger partial charge >= 0.3 is 0 Å². The summed E-state index contributed by atoms with van der Waals surface area (Å²) in [6.45, 7) is 7.09. The standard InChI is InChI=1S/C26H43N7OS/c27-23-30-26(31-24-11-14-28-15-12-24)29-13-6-1-2-7-22-35-33(25-9-4-3-5-10-25)17-8-16-32-18-20-34-21-19-32/h11-12,14-15,25H,1-10,13,16-22H2,(H2,28,29,30,31).